The van der Waals surface area contributed by atoms with Crippen molar-refractivity contribution in [1.82, 2.24) is 9.55 Å². The van der Waals surface area contributed by atoms with Crippen LogP contribution in [0.1, 0.15) is 11.9 Å². The van der Waals surface area contributed by atoms with Crippen LogP contribution in [0.4, 0.5) is 14.7 Å². The Morgan fingerprint density at radius 3 is 2.59 bits per heavy atom. The summed E-state index contributed by atoms with van der Waals surface area (Å²) >= 11 is 0. The van der Waals surface area contributed by atoms with E-state index in [1.807, 2.05) is 28.8 Å². The number of hydrogen-bond acceptors (Lipinski definition) is 5. The third-order valence-corrected chi connectivity index (χ3v) is 4.43. The van der Waals surface area contributed by atoms with E-state index in [-0.39, 0.29) is 17.3 Å². The van der Waals surface area contributed by atoms with Crippen LogP contribution in [-0.4, -0.2) is 15.5 Å². The molecule has 2 aromatic heterocycles. The quantitative estimate of drug-likeness (QED) is 0.565. The fourth-order valence-corrected chi connectivity index (χ4v) is 3.27. The number of anilines is 1. The number of aliphatic imine (C=N–C) groups is 1. The molecule has 5 rings (SSSR count). The molecule has 134 valence electrons. The van der Waals surface area contributed by atoms with Crippen molar-refractivity contribution in [2.75, 3.05) is 5.32 Å². The Hall–Kier alpha value is -3.68. The average Bonchev–Trinajstić information content (AvgIpc) is 3.25. The molecular formula is C19H13F2N5O. The summed E-state index contributed by atoms with van der Waals surface area (Å²) in [5, 5.41) is 2.92. The first kappa shape index (κ1) is 15.6. The molecule has 0 aliphatic carbocycles. The van der Waals surface area contributed by atoms with E-state index < -0.39 is 17.8 Å². The molecule has 8 heteroatoms. The Labute approximate surface area is 152 Å². The molecule has 1 aliphatic rings. The fraction of sp³-hybridized carbons (Fsp3) is 0.0526. The Bertz CT molecular complexity index is 1190. The molecule has 3 heterocycles. The Balaban J connectivity index is 1.66. The van der Waals surface area contributed by atoms with Crippen LogP contribution >= 0.6 is 0 Å². The highest BCUT2D eigenvalue weighted by Crippen LogP contribution is 2.35. The zero-order valence-electron chi connectivity index (χ0n) is 13.9. The maximum absolute atomic E-state index is 14.1. The number of para-hydroxylation sites is 2. The van der Waals surface area contributed by atoms with E-state index in [2.05, 4.69) is 15.3 Å². The number of guanidine groups is 1. The second-order valence-corrected chi connectivity index (χ2v) is 6.11. The lowest BCUT2D eigenvalue weighted by molar-refractivity contribution is 0.445. The average molecular weight is 365 g/mol. The van der Waals surface area contributed by atoms with Crippen molar-refractivity contribution in [2.24, 2.45) is 10.7 Å². The van der Waals surface area contributed by atoms with Gasteiger partial charge in [-0.3, -0.25) is 9.88 Å². The van der Waals surface area contributed by atoms with E-state index in [9.17, 15) is 8.78 Å². The summed E-state index contributed by atoms with van der Waals surface area (Å²) in [4.78, 5) is 8.90. The summed E-state index contributed by atoms with van der Waals surface area (Å²) in [7, 11) is 0. The van der Waals surface area contributed by atoms with Gasteiger partial charge in [-0.05, 0) is 36.4 Å². The van der Waals surface area contributed by atoms with Crippen molar-refractivity contribution < 1.29 is 13.2 Å². The van der Waals surface area contributed by atoms with Crippen LogP contribution in [0, 0.1) is 11.6 Å². The molecule has 0 amide bonds. The Morgan fingerprint density at radius 1 is 1.00 bits per heavy atom. The molecule has 0 spiro atoms. The lowest BCUT2D eigenvalue weighted by Crippen LogP contribution is -2.31. The Morgan fingerprint density at radius 2 is 1.78 bits per heavy atom. The van der Waals surface area contributed by atoms with Gasteiger partial charge in [0.1, 0.15) is 23.2 Å². The summed E-state index contributed by atoms with van der Waals surface area (Å²) in [6, 6.07) is 14.4. The molecule has 0 saturated heterocycles. The number of benzene rings is 2. The van der Waals surface area contributed by atoms with E-state index in [1.54, 1.807) is 6.07 Å². The molecule has 0 unspecified atom stereocenters. The van der Waals surface area contributed by atoms with Crippen LogP contribution in [-0.2, 0) is 0 Å². The first-order chi connectivity index (χ1) is 13.1. The molecule has 6 nitrogen and oxygen atoms in total. The first-order valence-electron chi connectivity index (χ1n) is 8.23. The van der Waals surface area contributed by atoms with Gasteiger partial charge in [0, 0.05) is 0 Å². The number of furan rings is 1. The summed E-state index contributed by atoms with van der Waals surface area (Å²) in [6.45, 7) is 0. The van der Waals surface area contributed by atoms with E-state index >= 15 is 0 Å². The molecule has 0 radical (unpaired) electrons. The number of aromatic nitrogens is 2. The lowest BCUT2D eigenvalue weighted by Gasteiger charge is -2.21. The van der Waals surface area contributed by atoms with E-state index in [0.29, 0.717) is 11.7 Å². The topological polar surface area (TPSA) is 81.4 Å². The van der Waals surface area contributed by atoms with Gasteiger partial charge < -0.3 is 10.2 Å². The van der Waals surface area contributed by atoms with Crippen LogP contribution in [0.5, 0.6) is 0 Å². The second kappa shape index (κ2) is 5.66. The van der Waals surface area contributed by atoms with Gasteiger partial charge in [0.25, 0.3) is 0 Å². The lowest BCUT2D eigenvalue weighted by atomic mass is 10.1. The minimum Gasteiger partial charge on any atom is -0.457 e. The zero-order chi connectivity index (χ0) is 18.5. The van der Waals surface area contributed by atoms with Crippen LogP contribution in [0.25, 0.3) is 22.4 Å². The van der Waals surface area contributed by atoms with Gasteiger partial charge in [0.15, 0.2) is 12.1 Å². The molecule has 2 aromatic carbocycles. The zero-order valence-corrected chi connectivity index (χ0v) is 13.9. The van der Waals surface area contributed by atoms with Gasteiger partial charge >= 0.3 is 0 Å². The number of hydrogen-bond donors (Lipinski definition) is 2. The second-order valence-electron chi connectivity index (χ2n) is 6.11. The third-order valence-electron chi connectivity index (χ3n) is 4.43. The Kier molecular flexibility index (Phi) is 3.27. The highest BCUT2D eigenvalue weighted by Gasteiger charge is 2.28. The van der Waals surface area contributed by atoms with Crippen LogP contribution in [0.2, 0.25) is 0 Å². The minimum absolute atomic E-state index is 0.0823. The van der Waals surface area contributed by atoms with Gasteiger partial charge in [0.2, 0.25) is 5.95 Å². The molecule has 4 aromatic rings. The van der Waals surface area contributed by atoms with Gasteiger partial charge in [-0.1, -0.05) is 18.2 Å². The molecule has 1 atom stereocenters. The molecular weight excluding hydrogens is 352 g/mol. The number of nitrogens with one attached hydrogen (secondary N) is 1. The largest absolute Gasteiger partial charge is 0.457 e. The monoisotopic (exact) mass is 365 g/mol. The number of rotatable bonds is 2. The SMILES string of the molecule is NC1=N[C@H](c2ccc(-c3c(F)cccc3F)o2)n2c(nc3ccccc32)N1. The van der Waals surface area contributed by atoms with Crippen molar-refractivity contribution in [1.29, 1.82) is 0 Å². The van der Waals surface area contributed by atoms with Crippen molar-refractivity contribution in [2.45, 2.75) is 6.17 Å². The molecule has 27 heavy (non-hydrogen) atoms. The highest BCUT2D eigenvalue weighted by atomic mass is 19.1. The maximum Gasteiger partial charge on any atom is 0.212 e. The normalized spacial score (nSPS) is 16.1. The third kappa shape index (κ3) is 2.37. The summed E-state index contributed by atoms with van der Waals surface area (Å²) < 4.78 is 35.7. The number of fused-ring (bicyclic) bond motifs is 3. The van der Waals surface area contributed by atoms with Crippen molar-refractivity contribution >= 4 is 22.9 Å². The molecule has 0 saturated carbocycles. The first-order valence-corrected chi connectivity index (χ1v) is 8.23. The maximum atomic E-state index is 14.1. The molecule has 0 bridgehead atoms. The van der Waals surface area contributed by atoms with Gasteiger partial charge in [-0.2, -0.15) is 0 Å². The number of imidazole rings is 1. The minimum atomic E-state index is -0.696. The smallest absolute Gasteiger partial charge is 0.212 e. The predicted octanol–water partition coefficient (Wildman–Crippen LogP) is 3.86. The standard InChI is InChI=1S/C19H13F2N5O/c20-10-4-3-5-11(21)16(10)14-8-9-15(27-14)17-24-18(22)25-19-23-12-6-1-2-7-13(12)26(17)19/h1-9,17H,(H3,22,23,24,25)/t17-/m0/s1. The van der Waals surface area contributed by atoms with Crippen molar-refractivity contribution in [3.05, 3.63) is 72.0 Å². The molecule has 0 fully saturated rings. The van der Waals surface area contributed by atoms with Crippen LogP contribution in [0.15, 0.2) is 64.0 Å². The number of nitrogens with two attached hydrogens (primary N) is 1. The van der Waals surface area contributed by atoms with E-state index in [1.165, 1.54) is 24.3 Å². The van der Waals surface area contributed by atoms with Gasteiger partial charge in [-0.25, -0.2) is 18.8 Å². The predicted molar refractivity (Wildman–Crippen MR) is 97.2 cm³/mol. The van der Waals surface area contributed by atoms with Crippen molar-refractivity contribution in [3.63, 3.8) is 0 Å². The van der Waals surface area contributed by atoms with Crippen LogP contribution in [0.3, 0.4) is 0 Å². The van der Waals surface area contributed by atoms with Gasteiger partial charge in [-0.15, -0.1) is 0 Å². The number of halogens is 2. The summed E-state index contributed by atoms with van der Waals surface area (Å²) in [6.07, 6.45) is -0.641. The van der Waals surface area contributed by atoms with Crippen molar-refractivity contribution in [3.8, 4) is 11.3 Å². The highest BCUT2D eigenvalue weighted by molar-refractivity contribution is 5.94. The summed E-state index contributed by atoms with van der Waals surface area (Å²) in [5.74, 6) is -0.224. The molecule has 3 N–H and O–H groups in total. The summed E-state index contributed by atoms with van der Waals surface area (Å²) in [5.41, 5.74) is 7.27. The molecule has 1 aliphatic heterocycles. The van der Waals surface area contributed by atoms with E-state index in [0.717, 1.165) is 11.0 Å². The van der Waals surface area contributed by atoms with Crippen LogP contribution < -0.4 is 11.1 Å². The van der Waals surface area contributed by atoms with E-state index in [4.69, 9.17) is 10.2 Å². The number of nitrogens with zero attached hydrogens (tertiary/aromatic N) is 3. The fourth-order valence-electron chi connectivity index (χ4n) is 3.27. The van der Waals surface area contributed by atoms with Gasteiger partial charge in [0.05, 0.1) is 16.6 Å².